The van der Waals surface area contributed by atoms with E-state index in [0.717, 1.165) is 34.0 Å². The van der Waals surface area contributed by atoms with Crippen LogP contribution in [0, 0.1) is 0 Å². The lowest BCUT2D eigenvalue weighted by Crippen LogP contribution is -2.34. The zero-order chi connectivity index (χ0) is 44.6. The molecule has 0 amide bonds. The van der Waals surface area contributed by atoms with Gasteiger partial charge in [0.05, 0.1) is 17.7 Å². The Bertz CT molecular complexity index is 2810. The highest BCUT2D eigenvalue weighted by Gasteiger charge is 2.37. The first-order valence-corrected chi connectivity index (χ1v) is 22.3. The van der Waals surface area contributed by atoms with E-state index in [1.54, 1.807) is 0 Å². The lowest BCUT2D eigenvalue weighted by molar-refractivity contribution is 0.479. The van der Waals surface area contributed by atoms with E-state index in [1.165, 1.54) is 50.0 Å². The molecule has 7 aromatic rings. The molecule has 0 spiro atoms. The first-order valence-electron chi connectivity index (χ1n) is 22.3. The summed E-state index contributed by atoms with van der Waals surface area (Å²) >= 11 is 0. The molecule has 3 heterocycles. The molecule has 0 saturated carbocycles. The molecule has 0 aliphatic carbocycles. The molecule has 0 radical (unpaired) electrons. The molecule has 0 saturated heterocycles. The van der Waals surface area contributed by atoms with Crippen LogP contribution in [0.5, 0.6) is 11.5 Å². The van der Waals surface area contributed by atoms with Gasteiger partial charge in [0.1, 0.15) is 17.3 Å². The standard InChI is InChI=1S/C57H66N4O/c1-53(2,3)39-21-18-22-43(29-39)59-36-51(57(13,14)38-19-16-15-17-20-38)60(37-59)44-30-42(56(10,11)12)31-46(34-44)62-45-24-25-47-48-32-40(54(4,5)6)23-26-49(48)61(50(47)35-45)52-33-41(27-28-58-52)55(7,8)9/h15-36H,37H2,1-14H3. The quantitative estimate of drug-likeness (QED) is 0.160. The number of hydrogen-bond acceptors (Lipinski definition) is 4. The molecule has 1 aliphatic rings. The highest BCUT2D eigenvalue weighted by Crippen LogP contribution is 2.44. The molecule has 0 bridgehead atoms. The second-order valence-corrected chi connectivity index (χ2v) is 22.1. The van der Waals surface area contributed by atoms with Crippen LogP contribution in [0.15, 0.2) is 139 Å². The van der Waals surface area contributed by atoms with Crippen molar-refractivity contribution in [2.45, 2.75) is 124 Å². The minimum Gasteiger partial charge on any atom is -0.457 e. The molecule has 2 aromatic heterocycles. The van der Waals surface area contributed by atoms with Crippen LogP contribution in [0.2, 0.25) is 0 Å². The minimum atomic E-state index is -0.292. The van der Waals surface area contributed by atoms with Crippen LogP contribution in [0.25, 0.3) is 27.6 Å². The molecule has 320 valence electrons. The summed E-state index contributed by atoms with van der Waals surface area (Å²) in [6, 6.07) is 44.5. The van der Waals surface area contributed by atoms with Gasteiger partial charge >= 0.3 is 0 Å². The van der Waals surface area contributed by atoms with Crippen molar-refractivity contribution in [2.24, 2.45) is 0 Å². The first-order chi connectivity index (χ1) is 29.0. The molecule has 5 aromatic carbocycles. The number of aromatic nitrogens is 2. The van der Waals surface area contributed by atoms with E-state index in [0.29, 0.717) is 6.67 Å². The van der Waals surface area contributed by atoms with E-state index in [-0.39, 0.29) is 27.1 Å². The van der Waals surface area contributed by atoms with Crippen LogP contribution in [0.3, 0.4) is 0 Å². The average molecular weight is 823 g/mol. The second kappa shape index (κ2) is 15.2. The molecular weight excluding hydrogens is 757 g/mol. The summed E-state index contributed by atoms with van der Waals surface area (Å²) in [5.74, 6) is 2.49. The lowest BCUT2D eigenvalue weighted by atomic mass is 9.81. The number of ether oxygens (including phenoxy) is 1. The molecular formula is C57H66N4O. The Balaban J connectivity index is 1.26. The summed E-state index contributed by atoms with van der Waals surface area (Å²) < 4.78 is 9.35. The molecule has 1 aliphatic heterocycles. The van der Waals surface area contributed by atoms with E-state index in [1.807, 2.05) is 6.20 Å². The van der Waals surface area contributed by atoms with Crippen molar-refractivity contribution in [2.75, 3.05) is 16.5 Å². The topological polar surface area (TPSA) is 33.5 Å². The summed E-state index contributed by atoms with van der Waals surface area (Å²) in [6.45, 7) is 32.6. The van der Waals surface area contributed by atoms with Crippen LogP contribution >= 0.6 is 0 Å². The van der Waals surface area contributed by atoms with Gasteiger partial charge in [0.2, 0.25) is 0 Å². The minimum absolute atomic E-state index is 0.0139. The van der Waals surface area contributed by atoms with E-state index in [4.69, 9.17) is 9.72 Å². The SMILES string of the molecule is CC(C)(C)c1cccc(N2C=C(C(C)(C)c3ccccc3)N(c3cc(Oc4ccc5c6cc(C(C)(C)C)ccc6n(-c6cc(C(C)(C)C)ccn6)c5c4)cc(C(C)(C)C)c3)C2)c1. The molecule has 0 fully saturated rings. The van der Waals surface area contributed by atoms with Gasteiger partial charge in [0.15, 0.2) is 0 Å². The van der Waals surface area contributed by atoms with E-state index < -0.39 is 0 Å². The maximum atomic E-state index is 7.04. The van der Waals surface area contributed by atoms with Crippen LogP contribution in [-0.4, -0.2) is 16.2 Å². The van der Waals surface area contributed by atoms with E-state index in [9.17, 15) is 0 Å². The third-order valence-corrected chi connectivity index (χ3v) is 12.8. The number of benzene rings is 5. The third-order valence-electron chi connectivity index (χ3n) is 12.8. The Kier molecular flexibility index (Phi) is 10.5. The highest BCUT2D eigenvalue weighted by atomic mass is 16.5. The van der Waals surface area contributed by atoms with Gasteiger partial charge in [-0.1, -0.05) is 145 Å². The Labute approximate surface area is 371 Å². The first kappa shape index (κ1) is 42.9. The van der Waals surface area contributed by atoms with Gasteiger partial charge in [0.25, 0.3) is 0 Å². The van der Waals surface area contributed by atoms with Gasteiger partial charge in [-0.25, -0.2) is 4.98 Å². The maximum Gasteiger partial charge on any atom is 0.137 e. The molecule has 62 heavy (non-hydrogen) atoms. The third kappa shape index (κ3) is 8.27. The molecule has 0 unspecified atom stereocenters. The average Bonchev–Trinajstić information content (AvgIpc) is 3.80. The van der Waals surface area contributed by atoms with Gasteiger partial charge in [0, 0.05) is 57.8 Å². The summed E-state index contributed by atoms with van der Waals surface area (Å²) in [5, 5.41) is 2.39. The normalized spacial score (nSPS) is 14.3. The predicted octanol–water partition coefficient (Wildman–Crippen LogP) is 15.3. The highest BCUT2D eigenvalue weighted by molar-refractivity contribution is 6.09. The van der Waals surface area contributed by atoms with E-state index >= 15 is 0 Å². The van der Waals surface area contributed by atoms with Crippen LogP contribution in [-0.2, 0) is 27.1 Å². The Morgan fingerprint density at radius 2 is 1.10 bits per heavy atom. The largest absolute Gasteiger partial charge is 0.457 e. The number of fused-ring (bicyclic) bond motifs is 3. The number of allylic oxidation sites excluding steroid dienone is 1. The van der Waals surface area contributed by atoms with Gasteiger partial charge < -0.3 is 14.5 Å². The van der Waals surface area contributed by atoms with Crippen molar-refractivity contribution >= 4 is 33.2 Å². The van der Waals surface area contributed by atoms with Crippen molar-refractivity contribution in [1.29, 1.82) is 0 Å². The van der Waals surface area contributed by atoms with Crippen molar-refractivity contribution in [3.05, 3.63) is 167 Å². The number of nitrogens with zero attached hydrogens (tertiary/aromatic N) is 4. The zero-order valence-electron chi connectivity index (χ0n) is 39.6. The molecule has 0 atom stereocenters. The number of anilines is 2. The van der Waals surface area contributed by atoms with Crippen molar-refractivity contribution in [1.82, 2.24) is 9.55 Å². The number of hydrogen-bond donors (Lipinski definition) is 0. The van der Waals surface area contributed by atoms with Crippen molar-refractivity contribution in [3.8, 4) is 17.3 Å². The maximum absolute atomic E-state index is 7.04. The van der Waals surface area contributed by atoms with Crippen LogP contribution in [0.1, 0.15) is 125 Å². The Morgan fingerprint density at radius 3 is 1.77 bits per heavy atom. The van der Waals surface area contributed by atoms with E-state index in [2.05, 4.69) is 239 Å². The Hall–Kier alpha value is -5.81. The fourth-order valence-electron chi connectivity index (χ4n) is 8.67. The van der Waals surface area contributed by atoms with Gasteiger partial charge in [-0.15, -0.1) is 0 Å². The summed E-state index contributed by atoms with van der Waals surface area (Å²) in [5.41, 5.74) is 11.7. The second-order valence-electron chi connectivity index (χ2n) is 22.1. The summed E-state index contributed by atoms with van der Waals surface area (Å²) in [7, 11) is 0. The fourth-order valence-corrected chi connectivity index (χ4v) is 8.67. The lowest BCUT2D eigenvalue weighted by Gasteiger charge is -2.35. The monoisotopic (exact) mass is 823 g/mol. The molecule has 5 nitrogen and oxygen atoms in total. The Morgan fingerprint density at radius 1 is 0.468 bits per heavy atom. The molecule has 0 N–H and O–H groups in total. The summed E-state index contributed by atoms with van der Waals surface area (Å²) in [6.07, 6.45) is 4.30. The van der Waals surface area contributed by atoms with Crippen LogP contribution in [0.4, 0.5) is 11.4 Å². The van der Waals surface area contributed by atoms with Gasteiger partial charge in [-0.3, -0.25) is 4.57 Å². The van der Waals surface area contributed by atoms with Gasteiger partial charge in [-0.05, 0) is 110 Å². The molecule has 5 heteroatoms. The fraction of sp³-hybridized carbons (Fsp3) is 0.351. The smallest absolute Gasteiger partial charge is 0.137 e. The predicted molar refractivity (Wildman–Crippen MR) is 264 cm³/mol. The van der Waals surface area contributed by atoms with Gasteiger partial charge in [-0.2, -0.15) is 0 Å². The summed E-state index contributed by atoms with van der Waals surface area (Å²) in [4.78, 5) is 9.87. The molecule has 8 rings (SSSR count). The van der Waals surface area contributed by atoms with Crippen molar-refractivity contribution in [3.63, 3.8) is 0 Å². The number of pyridine rings is 1. The zero-order valence-corrected chi connectivity index (χ0v) is 39.6. The number of rotatable bonds is 7. The van der Waals surface area contributed by atoms with Crippen molar-refractivity contribution < 1.29 is 4.74 Å². The van der Waals surface area contributed by atoms with Crippen LogP contribution < -0.4 is 14.5 Å².